The maximum absolute atomic E-state index is 15.3. The Morgan fingerprint density at radius 2 is 1.95 bits per heavy atom. The molecule has 194 valence electrons. The van der Waals surface area contributed by atoms with Crippen LogP contribution in [-0.4, -0.2) is 54.0 Å². The van der Waals surface area contributed by atoms with Gasteiger partial charge in [-0.3, -0.25) is 4.79 Å². The quantitative estimate of drug-likeness (QED) is 0.245. The van der Waals surface area contributed by atoms with Gasteiger partial charge < -0.3 is 24.5 Å². The van der Waals surface area contributed by atoms with Crippen molar-refractivity contribution in [2.75, 3.05) is 12.8 Å². The molecule has 0 fully saturated rings. The number of nitrogen functional groups attached to an aromatic ring is 1. The summed E-state index contributed by atoms with van der Waals surface area (Å²) in [5.74, 6) is 3.42. The molecule has 3 aromatic heterocycles. The second kappa shape index (κ2) is 9.26. The lowest BCUT2D eigenvalue weighted by molar-refractivity contribution is -0.135. The second-order valence-electron chi connectivity index (χ2n) is 8.94. The first-order chi connectivity index (χ1) is 18.1. The number of aryl methyl sites for hydroxylation is 2. The molecule has 1 aromatic carbocycles. The van der Waals surface area contributed by atoms with Crippen molar-refractivity contribution < 1.29 is 23.1 Å². The summed E-state index contributed by atoms with van der Waals surface area (Å²) in [6.07, 6.45) is 3.50. The molecule has 5 rings (SSSR count). The lowest BCUT2D eigenvalue weighted by Gasteiger charge is -2.34. The average Bonchev–Trinajstić information content (AvgIpc) is 3.35. The van der Waals surface area contributed by atoms with Crippen LogP contribution in [0.4, 0.5) is 14.6 Å². The van der Waals surface area contributed by atoms with Crippen LogP contribution < -0.4 is 5.73 Å². The third-order valence-corrected chi connectivity index (χ3v) is 6.73. The van der Waals surface area contributed by atoms with Gasteiger partial charge in [0.15, 0.2) is 5.82 Å². The number of imidazole rings is 1. The maximum Gasteiger partial charge on any atom is 0.330 e. The molecular formula is C26H23F2N7O3. The summed E-state index contributed by atoms with van der Waals surface area (Å²) in [5.41, 5.74) is 7.51. The minimum Gasteiger partial charge on any atom is -0.466 e. The first-order valence-electron chi connectivity index (χ1n) is 11.6. The standard InChI is InChI=1S/C26H23F2N7O3/c1-13-10-35-19(11-34(13)20(36)7-8-21(37)38-4)16(22-25(29)30-12-31-26(22)35)6-5-15-17(27)9-18-24(23(15)28)32-14(2)33(18)3/h7-9,12-13H,10-11H2,1-4H3,(H2,29,30,31). The molecule has 1 aliphatic heterocycles. The van der Waals surface area contributed by atoms with Gasteiger partial charge in [-0.15, -0.1) is 0 Å². The summed E-state index contributed by atoms with van der Waals surface area (Å²) in [6.45, 7) is 3.99. The number of methoxy groups -OCH3 is 1. The topological polar surface area (TPSA) is 121 Å². The number of aromatic nitrogens is 5. The molecule has 1 unspecified atom stereocenters. The number of anilines is 1. The van der Waals surface area contributed by atoms with Crippen LogP contribution >= 0.6 is 0 Å². The number of hydrogen-bond donors (Lipinski definition) is 1. The van der Waals surface area contributed by atoms with E-state index in [2.05, 4.69) is 31.5 Å². The molecular weight excluding hydrogens is 496 g/mol. The highest BCUT2D eigenvalue weighted by atomic mass is 19.1. The van der Waals surface area contributed by atoms with Crippen molar-refractivity contribution in [2.24, 2.45) is 7.05 Å². The Labute approximate surface area is 215 Å². The predicted molar refractivity (Wildman–Crippen MR) is 134 cm³/mol. The zero-order valence-electron chi connectivity index (χ0n) is 21.0. The Balaban J connectivity index is 1.65. The number of fused-ring (bicyclic) bond motifs is 4. The van der Waals surface area contributed by atoms with Crippen LogP contribution in [0.2, 0.25) is 0 Å². The minimum absolute atomic E-state index is 0.0188. The minimum atomic E-state index is -0.865. The van der Waals surface area contributed by atoms with E-state index in [-0.39, 0.29) is 23.9 Å². The Morgan fingerprint density at radius 1 is 1.21 bits per heavy atom. The summed E-state index contributed by atoms with van der Waals surface area (Å²) in [4.78, 5) is 38.5. The van der Waals surface area contributed by atoms with E-state index in [1.807, 2.05) is 11.5 Å². The molecule has 2 N–H and O–H groups in total. The number of nitrogens with two attached hydrogens (primary N) is 1. The highest BCUT2D eigenvalue weighted by molar-refractivity contribution is 5.96. The van der Waals surface area contributed by atoms with Crippen LogP contribution in [0.25, 0.3) is 22.1 Å². The SMILES string of the molecule is COC(=O)C=CC(=O)N1Cc2c(C#Cc3c(F)cc4c(nc(C)n4C)c3F)c3c(N)ncnc3n2CC1C. The van der Waals surface area contributed by atoms with E-state index in [0.29, 0.717) is 40.2 Å². The van der Waals surface area contributed by atoms with Gasteiger partial charge in [-0.05, 0) is 13.8 Å². The van der Waals surface area contributed by atoms with E-state index in [9.17, 15) is 14.0 Å². The normalized spacial score (nSPS) is 15.1. The lowest BCUT2D eigenvalue weighted by atomic mass is 10.1. The molecule has 0 aliphatic carbocycles. The fourth-order valence-electron chi connectivity index (χ4n) is 4.62. The van der Waals surface area contributed by atoms with Crippen molar-refractivity contribution in [3.05, 3.63) is 58.8 Å². The third kappa shape index (κ3) is 3.92. The Kier molecular flexibility index (Phi) is 6.06. The van der Waals surface area contributed by atoms with Crippen LogP contribution in [0.5, 0.6) is 0 Å². The molecule has 4 aromatic rings. The number of nitrogens with zero attached hydrogens (tertiary/aromatic N) is 6. The molecule has 0 saturated carbocycles. The van der Waals surface area contributed by atoms with E-state index in [1.165, 1.54) is 19.5 Å². The van der Waals surface area contributed by atoms with Crippen molar-refractivity contribution in [2.45, 2.75) is 33.0 Å². The summed E-state index contributed by atoms with van der Waals surface area (Å²) in [6, 6.07) is 0.928. The van der Waals surface area contributed by atoms with Crippen molar-refractivity contribution in [3.8, 4) is 11.8 Å². The number of rotatable bonds is 2. The first-order valence-corrected chi connectivity index (χ1v) is 11.6. The molecule has 0 saturated heterocycles. The molecule has 1 amide bonds. The van der Waals surface area contributed by atoms with E-state index >= 15 is 4.39 Å². The number of carbonyl (C=O) groups is 2. The van der Waals surface area contributed by atoms with E-state index in [1.54, 1.807) is 23.4 Å². The van der Waals surface area contributed by atoms with Gasteiger partial charge >= 0.3 is 5.97 Å². The van der Waals surface area contributed by atoms with E-state index < -0.39 is 29.1 Å². The number of halogens is 2. The summed E-state index contributed by atoms with van der Waals surface area (Å²) >= 11 is 0. The van der Waals surface area contributed by atoms with Crippen LogP contribution in [-0.2, 0) is 34.5 Å². The fraction of sp³-hybridized carbons (Fsp3) is 0.269. The van der Waals surface area contributed by atoms with E-state index in [0.717, 1.165) is 12.2 Å². The summed E-state index contributed by atoms with van der Waals surface area (Å²) < 4.78 is 38.3. The van der Waals surface area contributed by atoms with Gasteiger partial charge in [-0.25, -0.2) is 28.5 Å². The van der Waals surface area contributed by atoms with Crippen LogP contribution in [0.3, 0.4) is 0 Å². The van der Waals surface area contributed by atoms with Gasteiger partial charge in [0, 0.05) is 37.9 Å². The van der Waals surface area contributed by atoms with Gasteiger partial charge in [-0.2, -0.15) is 0 Å². The molecule has 10 nitrogen and oxygen atoms in total. The highest BCUT2D eigenvalue weighted by Crippen LogP contribution is 2.33. The molecule has 0 radical (unpaired) electrons. The Morgan fingerprint density at radius 3 is 2.68 bits per heavy atom. The largest absolute Gasteiger partial charge is 0.466 e. The van der Waals surface area contributed by atoms with Crippen molar-refractivity contribution in [3.63, 3.8) is 0 Å². The summed E-state index contributed by atoms with van der Waals surface area (Å²) in [7, 11) is 2.89. The summed E-state index contributed by atoms with van der Waals surface area (Å²) in [5, 5.41) is 0.428. The van der Waals surface area contributed by atoms with Gasteiger partial charge in [0.25, 0.3) is 0 Å². The fourth-order valence-corrected chi connectivity index (χ4v) is 4.62. The number of esters is 1. The molecule has 4 heterocycles. The Bertz CT molecular complexity index is 1740. The zero-order chi connectivity index (χ0) is 27.3. The molecule has 0 spiro atoms. The molecule has 1 aliphatic rings. The van der Waals surface area contributed by atoms with Crippen LogP contribution in [0.1, 0.15) is 29.6 Å². The zero-order valence-corrected chi connectivity index (χ0v) is 21.0. The highest BCUT2D eigenvalue weighted by Gasteiger charge is 2.31. The van der Waals surface area contributed by atoms with Gasteiger partial charge in [-0.1, -0.05) is 11.8 Å². The van der Waals surface area contributed by atoms with Gasteiger partial charge in [0.2, 0.25) is 5.91 Å². The van der Waals surface area contributed by atoms with Crippen molar-refractivity contribution in [1.29, 1.82) is 0 Å². The molecule has 1 atom stereocenters. The molecule has 12 heteroatoms. The third-order valence-electron chi connectivity index (χ3n) is 6.73. The predicted octanol–water partition coefficient (Wildman–Crippen LogP) is 2.35. The van der Waals surface area contributed by atoms with Crippen LogP contribution in [0, 0.1) is 30.4 Å². The van der Waals surface area contributed by atoms with Crippen molar-refractivity contribution >= 4 is 39.8 Å². The van der Waals surface area contributed by atoms with E-state index in [4.69, 9.17) is 5.73 Å². The molecule has 38 heavy (non-hydrogen) atoms. The monoisotopic (exact) mass is 519 g/mol. The van der Waals surface area contributed by atoms with Crippen molar-refractivity contribution in [1.82, 2.24) is 29.0 Å². The average molecular weight is 520 g/mol. The first kappa shape index (κ1) is 24.9. The maximum atomic E-state index is 15.3. The smallest absolute Gasteiger partial charge is 0.330 e. The van der Waals surface area contributed by atoms with Gasteiger partial charge in [0.1, 0.15) is 35.0 Å². The number of carbonyl (C=O) groups excluding carboxylic acids is 2. The number of amides is 1. The van der Waals surface area contributed by atoms with Gasteiger partial charge in [0.05, 0.1) is 41.4 Å². The second-order valence-corrected chi connectivity index (χ2v) is 8.94. The number of hydrogen-bond acceptors (Lipinski definition) is 7. The Hall–Kier alpha value is -4.79. The molecule has 0 bridgehead atoms. The number of ether oxygens (including phenoxy) is 1. The number of benzene rings is 1. The van der Waals surface area contributed by atoms with Crippen LogP contribution in [0.15, 0.2) is 24.5 Å². The lowest BCUT2D eigenvalue weighted by Crippen LogP contribution is -2.44.